The molecule has 0 heterocycles. The van der Waals surface area contributed by atoms with Gasteiger partial charge in [0.05, 0.1) is 5.41 Å². The third-order valence-electron chi connectivity index (χ3n) is 19.5. The van der Waals surface area contributed by atoms with Crippen molar-refractivity contribution in [2.45, 2.75) is 78.6 Å². The lowest BCUT2D eigenvalue weighted by atomic mass is 9.69. The molecule has 0 aromatic heterocycles. The SMILES string of the molecule is CC(C)(C)CC(c1ccc(-c2ccc3c(c2)C2(c4ccccc4-3)c3ccccc3-c3ccc(-c4cccc(-c5cccc(-c6ccc(N(c7ccc(-c8ccccc8)cc7)c7ccc8c(c7)C(C)(C)c7ccccc7-8)cc6)c5)c4)cc32)cc1)C(C)(C)C. The van der Waals surface area contributed by atoms with E-state index in [9.17, 15) is 0 Å². The first-order valence-corrected chi connectivity index (χ1v) is 31.2. The molecule has 0 aliphatic heterocycles. The molecule has 0 bridgehead atoms. The van der Waals surface area contributed by atoms with Crippen LogP contribution in [0.1, 0.15) is 107 Å². The Morgan fingerprint density at radius 2 is 0.632 bits per heavy atom. The lowest BCUT2D eigenvalue weighted by Crippen LogP contribution is -2.26. The minimum atomic E-state index is -0.482. The summed E-state index contributed by atoms with van der Waals surface area (Å²) in [7, 11) is 0. The van der Waals surface area contributed by atoms with Gasteiger partial charge >= 0.3 is 0 Å². The van der Waals surface area contributed by atoms with E-state index < -0.39 is 5.41 Å². The van der Waals surface area contributed by atoms with Crippen LogP contribution in [-0.4, -0.2) is 0 Å². The maximum absolute atomic E-state index is 2.52. The van der Waals surface area contributed by atoms with Crippen LogP contribution in [0.5, 0.6) is 0 Å². The first kappa shape index (κ1) is 54.1. The summed E-state index contributed by atoms with van der Waals surface area (Å²) in [4.78, 5) is 2.41. The smallest absolute Gasteiger partial charge is 0.0725 e. The molecule has 0 radical (unpaired) electrons. The minimum absolute atomic E-state index is 0.117. The highest BCUT2D eigenvalue weighted by Crippen LogP contribution is 2.64. The van der Waals surface area contributed by atoms with Crippen molar-refractivity contribution in [3.63, 3.8) is 0 Å². The van der Waals surface area contributed by atoms with Crippen LogP contribution in [0.25, 0.3) is 89.0 Å². The third-order valence-corrected chi connectivity index (χ3v) is 19.5. The molecule has 87 heavy (non-hydrogen) atoms. The van der Waals surface area contributed by atoms with Crippen molar-refractivity contribution in [2.75, 3.05) is 4.90 Å². The number of nitrogens with zero attached hydrogens (tertiary/aromatic N) is 1. The Labute approximate surface area is 515 Å². The Balaban J connectivity index is 0.768. The van der Waals surface area contributed by atoms with Gasteiger partial charge in [0.15, 0.2) is 0 Å². The summed E-state index contributed by atoms with van der Waals surface area (Å²) in [5, 5.41) is 0. The number of anilines is 3. The number of hydrogen-bond acceptors (Lipinski definition) is 1. The van der Waals surface area contributed by atoms with Crippen LogP contribution >= 0.6 is 0 Å². The Morgan fingerprint density at radius 3 is 1.14 bits per heavy atom. The van der Waals surface area contributed by atoms with Gasteiger partial charge in [-0.25, -0.2) is 0 Å². The quantitative estimate of drug-likeness (QED) is 0.132. The predicted octanol–water partition coefficient (Wildman–Crippen LogP) is 23.7. The fourth-order valence-electron chi connectivity index (χ4n) is 15.2. The molecule has 0 saturated heterocycles. The molecule has 1 heteroatoms. The van der Waals surface area contributed by atoms with Gasteiger partial charge in [-0.05, 0) is 212 Å². The van der Waals surface area contributed by atoms with E-state index in [-0.39, 0.29) is 16.2 Å². The molecule has 12 aromatic carbocycles. The summed E-state index contributed by atoms with van der Waals surface area (Å²) in [6, 6.07) is 105. The molecule has 12 aromatic rings. The fraction of sp³-hybridized carbons (Fsp3) is 0.163. The number of hydrogen-bond donors (Lipinski definition) is 0. The molecule has 1 nitrogen and oxygen atoms in total. The standard InChI is InChI=1S/C86H73N/c1-83(2,3)55-82(84(4,5)6)60-34-32-58(33-35-60)65-40-47-74-71-27-13-16-30-77(71)86(80(74)52-65)78-31-17-14-28-72(78)75-48-41-66(53-81(75)86)64-25-19-24-63(51-64)62-23-18-22-61(50-62)59-38-44-68(45-39-59)87(67-42-36-57(37-43-67)56-20-10-9-11-21-56)69-46-49-73-70-26-12-15-29-76(70)85(7,8)79(73)54-69/h9-54,82H,55H2,1-8H3. The summed E-state index contributed by atoms with van der Waals surface area (Å²) < 4.78 is 0. The molecule has 0 N–H and O–H groups in total. The maximum atomic E-state index is 2.52. The van der Waals surface area contributed by atoms with Crippen molar-refractivity contribution in [3.05, 3.63) is 318 Å². The Hall–Kier alpha value is -9.56. The highest BCUT2D eigenvalue weighted by Gasteiger charge is 2.52. The monoisotopic (exact) mass is 1120 g/mol. The van der Waals surface area contributed by atoms with Gasteiger partial charge in [0.25, 0.3) is 0 Å². The maximum Gasteiger partial charge on any atom is 0.0725 e. The molecule has 0 fully saturated rings. The van der Waals surface area contributed by atoms with Gasteiger partial charge in [-0.3, -0.25) is 0 Å². The van der Waals surface area contributed by atoms with E-state index in [1.807, 2.05) is 0 Å². The molecular formula is C86H73N. The Kier molecular flexibility index (Phi) is 12.8. The summed E-state index contributed by atoms with van der Waals surface area (Å²) >= 11 is 0. The second-order valence-corrected chi connectivity index (χ2v) is 27.5. The number of fused-ring (bicyclic) bond motifs is 13. The molecule has 0 saturated carbocycles. The zero-order chi connectivity index (χ0) is 59.4. The molecule has 3 aliphatic carbocycles. The Bertz CT molecular complexity index is 4610. The van der Waals surface area contributed by atoms with Gasteiger partial charge in [-0.2, -0.15) is 0 Å². The van der Waals surface area contributed by atoms with Crippen LogP contribution in [-0.2, 0) is 10.8 Å². The number of benzene rings is 12. The van der Waals surface area contributed by atoms with Crippen molar-refractivity contribution < 1.29 is 0 Å². The largest absolute Gasteiger partial charge is 0.310 e. The minimum Gasteiger partial charge on any atom is -0.310 e. The van der Waals surface area contributed by atoms with E-state index in [2.05, 4.69) is 339 Å². The van der Waals surface area contributed by atoms with Crippen LogP contribution in [0, 0.1) is 10.8 Å². The van der Waals surface area contributed by atoms with Crippen LogP contribution in [0.2, 0.25) is 0 Å². The van der Waals surface area contributed by atoms with Gasteiger partial charge in [-0.1, -0.05) is 274 Å². The highest BCUT2D eigenvalue weighted by atomic mass is 15.1. The molecular weight excluding hydrogens is 1050 g/mol. The topological polar surface area (TPSA) is 3.24 Å². The van der Waals surface area contributed by atoms with E-state index in [0.29, 0.717) is 5.92 Å². The molecule has 0 amide bonds. The van der Waals surface area contributed by atoms with Crippen LogP contribution in [0.15, 0.2) is 279 Å². The van der Waals surface area contributed by atoms with Gasteiger partial charge in [0.1, 0.15) is 0 Å². The first-order chi connectivity index (χ1) is 42.1. The van der Waals surface area contributed by atoms with Gasteiger partial charge in [0, 0.05) is 22.5 Å². The molecule has 2 unspecified atom stereocenters. The van der Waals surface area contributed by atoms with Crippen molar-refractivity contribution in [3.8, 4) is 89.0 Å². The van der Waals surface area contributed by atoms with Crippen molar-refractivity contribution in [1.29, 1.82) is 0 Å². The predicted molar refractivity (Wildman–Crippen MR) is 368 cm³/mol. The molecule has 3 aliphatic rings. The van der Waals surface area contributed by atoms with E-state index >= 15 is 0 Å². The zero-order valence-electron chi connectivity index (χ0n) is 51.3. The summed E-state index contributed by atoms with van der Waals surface area (Å²) in [5.74, 6) is 0.462. The van der Waals surface area contributed by atoms with E-state index in [1.165, 1.54) is 128 Å². The summed E-state index contributed by atoms with van der Waals surface area (Å²) in [6.45, 7) is 19.0. The average molecular weight is 1120 g/mol. The van der Waals surface area contributed by atoms with Gasteiger partial charge < -0.3 is 4.90 Å². The lowest BCUT2D eigenvalue weighted by molar-refractivity contribution is 0.229. The van der Waals surface area contributed by atoms with Crippen molar-refractivity contribution in [2.24, 2.45) is 10.8 Å². The fourth-order valence-corrected chi connectivity index (χ4v) is 15.2. The molecule has 15 rings (SSSR count). The molecule has 422 valence electrons. The van der Waals surface area contributed by atoms with E-state index in [0.717, 1.165) is 23.5 Å². The average Bonchev–Trinajstić information content (AvgIpc) is 1.53. The van der Waals surface area contributed by atoms with Crippen molar-refractivity contribution in [1.82, 2.24) is 0 Å². The van der Waals surface area contributed by atoms with E-state index in [4.69, 9.17) is 0 Å². The summed E-state index contributed by atoms with van der Waals surface area (Å²) in [6.07, 6.45) is 1.14. The summed E-state index contributed by atoms with van der Waals surface area (Å²) in [5.41, 5.74) is 32.7. The first-order valence-electron chi connectivity index (χ1n) is 31.2. The second-order valence-electron chi connectivity index (χ2n) is 27.5. The highest BCUT2D eigenvalue weighted by molar-refractivity contribution is 5.97. The zero-order valence-corrected chi connectivity index (χ0v) is 51.3. The van der Waals surface area contributed by atoms with Crippen LogP contribution in [0.4, 0.5) is 17.1 Å². The van der Waals surface area contributed by atoms with Crippen LogP contribution in [0.3, 0.4) is 0 Å². The van der Waals surface area contributed by atoms with Gasteiger partial charge in [0.2, 0.25) is 0 Å². The number of rotatable bonds is 10. The third kappa shape index (κ3) is 9.13. The lowest BCUT2D eigenvalue weighted by Gasteiger charge is -2.36. The normalized spacial score (nSPS) is 15.3. The molecule has 1 spiro atoms. The second kappa shape index (κ2) is 20.6. The Morgan fingerprint density at radius 1 is 0.287 bits per heavy atom. The van der Waals surface area contributed by atoms with Gasteiger partial charge in [-0.15, -0.1) is 0 Å². The van der Waals surface area contributed by atoms with Crippen molar-refractivity contribution >= 4 is 17.1 Å². The van der Waals surface area contributed by atoms with E-state index in [1.54, 1.807) is 0 Å². The molecule has 2 atom stereocenters. The van der Waals surface area contributed by atoms with Crippen LogP contribution < -0.4 is 4.90 Å².